The number of halogens is 1. The zero-order valence-corrected chi connectivity index (χ0v) is 19.9. The third-order valence-corrected chi connectivity index (χ3v) is 7.22. The Bertz CT molecular complexity index is 1180. The SMILES string of the molecule is COc1ccc2nc(N(Cc3ccncc3)C(=O)CCCSc3ccc(Cl)cc3)sc2c1. The number of hydrogen-bond acceptors (Lipinski definition) is 6. The van der Waals surface area contributed by atoms with E-state index in [1.54, 1.807) is 36.2 Å². The monoisotopic (exact) mass is 483 g/mol. The number of thiazole rings is 1. The number of pyridine rings is 1. The van der Waals surface area contributed by atoms with Crippen molar-refractivity contribution < 1.29 is 9.53 Å². The summed E-state index contributed by atoms with van der Waals surface area (Å²) in [4.78, 5) is 25.0. The zero-order chi connectivity index (χ0) is 22.3. The number of carbonyl (C=O) groups excluding carboxylic acids is 1. The van der Waals surface area contributed by atoms with E-state index in [1.807, 2.05) is 54.6 Å². The third kappa shape index (κ3) is 5.79. The first kappa shape index (κ1) is 22.6. The van der Waals surface area contributed by atoms with Gasteiger partial charge < -0.3 is 4.74 Å². The predicted molar refractivity (Wildman–Crippen MR) is 133 cm³/mol. The van der Waals surface area contributed by atoms with Gasteiger partial charge in [0.2, 0.25) is 5.91 Å². The average molecular weight is 484 g/mol. The largest absolute Gasteiger partial charge is 0.497 e. The van der Waals surface area contributed by atoms with E-state index in [4.69, 9.17) is 21.3 Å². The van der Waals surface area contributed by atoms with Crippen LogP contribution in [0, 0.1) is 0 Å². The summed E-state index contributed by atoms with van der Waals surface area (Å²) in [5.74, 6) is 1.69. The van der Waals surface area contributed by atoms with Gasteiger partial charge in [-0.15, -0.1) is 11.8 Å². The normalized spacial score (nSPS) is 10.9. The summed E-state index contributed by atoms with van der Waals surface area (Å²) in [5.41, 5.74) is 1.87. The summed E-state index contributed by atoms with van der Waals surface area (Å²) in [6.07, 6.45) is 4.70. The first-order chi connectivity index (χ1) is 15.6. The molecular formula is C24H22ClN3O2S2. The maximum atomic E-state index is 13.2. The number of methoxy groups -OCH3 is 1. The van der Waals surface area contributed by atoms with Crippen LogP contribution in [0.4, 0.5) is 5.13 Å². The Hall–Kier alpha value is -2.61. The summed E-state index contributed by atoms with van der Waals surface area (Å²) in [5, 5.41) is 1.42. The molecule has 0 atom stereocenters. The van der Waals surface area contributed by atoms with Crippen LogP contribution in [0.1, 0.15) is 18.4 Å². The molecule has 2 heterocycles. The molecule has 4 aromatic rings. The van der Waals surface area contributed by atoms with Crippen LogP contribution in [0.5, 0.6) is 5.75 Å². The second-order valence-corrected chi connectivity index (χ2v) is 9.69. The van der Waals surface area contributed by atoms with Crippen LogP contribution in [0.3, 0.4) is 0 Å². The molecule has 0 aliphatic rings. The first-order valence-electron chi connectivity index (χ1n) is 10.1. The molecule has 0 N–H and O–H groups in total. The van der Waals surface area contributed by atoms with Crippen molar-refractivity contribution in [2.75, 3.05) is 17.8 Å². The van der Waals surface area contributed by atoms with E-state index in [0.717, 1.165) is 43.6 Å². The Morgan fingerprint density at radius 3 is 2.66 bits per heavy atom. The van der Waals surface area contributed by atoms with Crippen LogP contribution in [0.15, 0.2) is 71.9 Å². The van der Waals surface area contributed by atoms with Gasteiger partial charge in [0, 0.05) is 28.7 Å². The standard InChI is InChI=1S/C24H22ClN3O2S2/c1-30-19-6-9-21-22(15-19)32-24(27-21)28(16-17-10-12-26-13-11-17)23(29)3-2-14-31-20-7-4-18(25)5-8-20/h4-13,15H,2-3,14,16H2,1H3. The molecule has 1 amide bonds. The van der Waals surface area contributed by atoms with Crippen molar-refractivity contribution in [2.24, 2.45) is 0 Å². The van der Waals surface area contributed by atoms with Crippen molar-refractivity contribution in [2.45, 2.75) is 24.3 Å². The molecule has 0 saturated heterocycles. The Kier molecular flexibility index (Phi) is 7.63. The van der Waals surface area contributed by atoms with Crippen LogP contribution in [-0.2, 0) is 11.3 Å². The first-order valence-corrected chi connectivity index (χ1v) is 12.3. The summed E-state index contributed by atoms with van der Waals surface area (Å²) in [6, 6.07) is 17.4. The van der Waals surface area contributed by atoms with Gasteiger partial charge in [0.05, 0.1) is 23.9 Å². The smallest absolute Gasteiger partial charge is 0.229 e. The highest BCUT2D eigenvalue weighted by Gasteiger charge is 2.20. The van der Waals surface area contributed by atoms with Crippen molar-refractivity contribution in [3.8, 4) is 5.75 Å². The number of hydrogen-bond donors (Lipinski definition) is 0. The number of ether oxygens (including phenoxy) is 1. The number of anilines is 1. The van der Waals surface area contributed by atoms with Gasteiger partial charge >= 0.3 is 0 Å². The molecule has 0 bridgehead atoms. The Morgan fingerprint density at radius 2 is 1.91 bits per heavy atom. The van der Waals surface area contributed by atoms with Crippen LogP contribution >= 0.6 is 34.7 Å². The molecule has 0 spiro atoms. The Morgan fingerprint density at radius 1 is 1.12 bits per heavy atom. The molecule has 0 unspecified atom stereocenters. The number of rotatable bonds is 9. The minimum absolute atomic E-state index is 0.0598. The highest BCUT2D eigenvalue weighted by atomic mass is 35.5. The molecule has 2 aromatic heterocycles. The average Bonchev–Trinajstić information content (AvgIpc) is 3.25. The summed E-state index contributed by atoms with van der Waals surface area (Å²) in [7, 11) is 1.64. The van der Waals surface area contributed by atoms with E-state index >= 15 is 0 Å². The van der Waals surface area contributed by atoms with Gasteiger partial charge in [0.1, 0.15) is 5.75 Å². The van der Waals surface area contributed by atoms with Crippen LogP contribution in [-0.4, -0.2) is 28.7 Å². The second-order valence-electron chi connectivity index (χ2n) is 7.07. The topological polar surface area (TPSA) is 55.3 Å². The Balaban J connectivity index is 1.47. The number of thioether (sulfide) groups is 1. The van der Waals surface area contributed by atoms with Gasteiger partial charge in [-0.3, -0.25) is 14.7 Å². The number of benzene rings is 2. The number of aromatic nitrogens is 2. The quantitative estimate of drug-likeness (QED) is 0.202. The van der Waals surface area contributed by atoms with Gasteiger partial charge in [-0.05, 0) is 72.3 Å². The van der Waals surface area contributed by atoms with Crippen LogP contribution in [0.25, 0.3) is 10.2 Å². The lowest BCUT2D eigenvalue weighted by Crippen LogP contribution is -2.30. The van der Waals surface area contributed by atoms with Gasteiger partial charge in [-0.25, -0.2) is 4.98 Å². The van der Waals surface area contributed by atoms with Gasteiger partial charge in [0.25, 0.3) is 0 Å². The lowest BCUT2D eigenvalue weighted by Gasteiger charge is -2.20. The van der Waals surface area contributed by atoms with Crippen LogP contribution in [0.2, 0.25) is 5.02 Å². The van der Waals surface area contributed by atoms with E-state index < -0.39 is 0 Å². The molecule has 0 saturated carbocycles. The molecular weight excluding hydrogens is 462 g/mol. The molecule has 0 fully saturated rings. The lowest BCUT2D eigenvalue weighted by atomic mass is 10.2. The van der Waals surface area contributed by atoms with Gasteiger partial charge in [-0.1, -0.05) is 22.9 Å². The van der Waals surface area contributed by atoms with Crippen LogP contribution < -0.4 is 9.64 Å². The summed E-state index contributed by atoms with van der Waals surface area (Å²) < 4.78 is 6.32. The third-order valence-electron chi connectivity index (χ3n) is 4.82. The minimum atomic E-state index is 0.0598. The highest BCUT2D eigenvalue weighted by Crippen LogP contribution is 2.33. The fourth-order valence-electron chi connectivity index (χ4n) is 3.15. The number of carbonyl (C=O) groups is 1. The van der Waals surface area contributed by atoms with Gasteiger partial charge in [0.15, 0.2) is 5.13 Å². The minimum Gasteiger partial charge on any atom is -0.497 e. The van der Waals surface area contributed by atoms with E-state index in [0.29, 0.717) is 18.1 Å². The number of fused-ring (bicyclic) bond motifs is 1. The zero-order valence-electron chi connectivity index (χ0n) is 17.5. The molecule has 8 heteroatoms. The van der Waals surface area contributed by atoms with Gasteiger partial charge in [-0.2, -0.15) is 0 Å². The molecule has 5 nitrogen and oxygen atoms in total. The lowest BCUT2D eigenvalue weighted by molar-refractivity contribution is -0.118. The molecule has 32 heavy (non-hydrogen) atoms. The summed E-state index contributed by atoms with van der Waals surface area (Å²) in [6.45, 7) is 0.461. The number of amides is 1. The predicted octanol–water partition coefficient (Wildman–Crippen LogP) is 6.46. The van der Waals surface area contributed by atoms with E-state index in [-0.39, 0.29) is 5.91 Å². The number of nitrogens with zero attached hydrogens (tertiary/aromatic N) is 3. The van der Waals surface area contributed by atoms with E-state index in [9.17, 15) is 4.79 Å². The molecule has 0 radical (unpaired) electrons. The maximum absolute atomic E-state index is 13.2. The van der Waals surface area contributed by atoms with Crippen molar-refractivity contribution >= 4 is 56.0 Å². The molecule has 2 aromatic carbocycles. The summed E-state index contributed by atoms with van der Waals surface area (Å²) >= 11 is 9.17. The second kappa shape index (κ2) is 10.8. The molecule has 164 valence electrons. The molecule has 4 rings (SSSR count). The van der Waals surface area contributed by atoms with Crippen molar-refractivity contribution in [1.29, 1.82) is 0 Å². The fraction of sp³-hybridized carbons (Fsp3) is 0.208. The molecule has 0 aliphatic carbocycles. The van der Waals surface area contributed by atoms with Crippen molar-refractivity contribution in [3.05, 3.63) is 77.6 Å². The maximum Gasteiger partial charge on any atom is 0.229 e. The molecule has 0 aliphatic heterocycles. The Labute approximate surface area is 200 Å². The van der Waals surface area contributed by atoms with Crippen molar-refractivity contribution in [1.82, 2.24) is 9.97 Å². The van der Waals surface area contributed by atoms with E-state index in [1.165, 1.54) is 11.3 Å². The van der Waals surface area contributed by atoms with Crippen molar-refractivity contribution in [3.63, 3.8) is 0 Å². The highest BCUT2D eigenvalue weighted by molar-refractivity contribution is 7.99. The van der Waals surface area contributed by atoms with E-state index in [2.05, 4.69) is 4.98 Å². The fourth-order valence-corrected chi connectivity index (χ4v) is 5.14.